The number of methoxy groups -OCH3 is 1. The largest absolute Gasteiger partial charge is 0.495 e. The molecule has 2 aliphatic rings. The van der Waals surface area contributed by atoms with Gasteiger partial charge in [-0.15, -0.1) is 0 Å². The molecule has 2 aliphatic heterocycles. The lowest BCUT2D eigenvalue weighted by Gasteiger charge is -2.22. The van der Waals surface area contributed by atoms with Crippen molar-refractivity contribution in [3.63, 3.8) is 0 Å². The predicted molar refractivity (Wildman–Crippen MR) is 116 cm³/mol. The second kappa shape index (κ2) is 7.40. The summed E-state index contributed by atoms with van der Waals surface area (Å²) in [4.78, 5) is 30.4. The van der Waals surface area contributed by atoms with Crippen LogP contribution < -0.4 is 14.5 Å². The zero-order valence-corrected chi connectivity index (χ0v) is 16.8. The molecule has 0 bridgehead atoms. The number of imide groups is 1. The number of hydrogen-bond acceptors (Lipinski definition) is 4. The van der Waals surface area contributed by atoms with Crippen LogP contribution in [0.25, 0.3) is 5.57 Å². The van der Waals surface area contributed by atoms with Gasteiger partial charge in [-0.2, -0.15) is 0 Å². The lowest BCUT2D eigenvalue weighted by Crippen LogP contribution is -2.35. The van der Waals surface area contributed by atoms with Crippen molar-refractivity contribution < 1.29 is 18.7 Å². The number of halogens is 1. The van der Waals surface area contributed by atoms with E-state index in [0.29, 0.717) is 29.2 Å². The zero-order chi connectivity index (χ0) is 21.5. The monoisotopic (exact) mass is 414 g/mol. The van der Waals surface area contributed by atoms with Crippen molar-refractivity contribution in [2.24, 2.45) is 0 Å². The first-order valence-electron chi connectivity index (χ1n) is 9.97. The number of ether oxygens (including phenoxy) is 1. The molecular formula is C25H19FN2O3. The Morgan fingerprint density at radius 2 is 1.52 bits per heavy atom. The lowest BCUT2D eigenvalue weighted by atomic mass is 10.0. The minimum absolute atomic E-state index is 0.257. The average molecular weight is 414 g/mol. The number of rotatable bonds is 4. The molecule has 0 aromatic heterocycles. The Kier molecular flexibility index (Phi) is 4.55. The summed E-state index contributed by atoms with van der Waals surface area (Å²) < 4.78 is 19.0. The molecule has 0 spiro atoms. The molecule has 0 N–H and O–H groups in total. The van der Waals surface area contributed by atoms with Crippen molar-refractivity contribution in [2.45, 2.75) is 6.42 Å². The van der Waals surface area contributed by atoms with Crippen molar-refractivity contribution in [3.05, 3.63) is 95.4 Å². The fourth-order valence-corrected chi connectivity index (χ4v) is 4.25. The summed E-state index contributed by atoms with van der Waals surface area (Å²) >= 11 is 0. The van der Waals surface area contributed by atoms with Crippen LogP contribution >= 0.6 is 0 Å². The van der Waals surface area contributed by atoms with E-state index in [2.05, 4.69) is 0 Å². The molecule has 6 heteroatoms. The van der Waals surface area contributed by atoms with Gasteiger partial charge in [-0.3, -0.25) is 9.59 Å². The Bertz CT molecular complexity index is 1230. The normalized spacial score (nSPS) is 15.7. The summed E-state index contributed by atoms with van der Waals surface area (Å²) in [6.45, 7) is 0.582. The third-order valence-electron chi connectivity index (χ3n) is 5.68. The number of carbonyl (C=O) groups is 2. The minimum Gasteiger partial charge on any atom is -0.495 e. The van der Waals surface area contributed by atoms with E-state index >= 15 is 0 Å². The van der Waals surface area contributed by atoms with Gasteiger partial charge in [0.25, 0.3) is 11.8 Å². The number of carbonyl (C=O) groups excluding carboxylic acids is 2. The third kappa shape index (κ3) is 2.99. The molecular weight excluding hydrogens is 395 g/mol. The van der Waals surface area contributed by atoms with Crippen LogP contribution in [0.2, 0.25) is 0 Å². The van der Waals surface area contributed by atoms with Crippen molar-refractivity contribution in [3.8, 4) is 5.75 Å². The molecule has 2 heterocycles. The molecule has 2 amide bonds. The van der Waals surface area contributed by atoms with Gasteiger partial charge in [-0.25, -0.2) is 9.29 Å². The first-order valence-corrected chi connectivity index (χ1v) is 9.97. The van der Waals surface area contributed by atoms with Crippen molar-refractivity contribution in [1.29, 1.82) is 0 Å². The summed E-state index contributed by atoms with van der Waals surface area (Å²) in [5.74, 6) is -0.868. The molecule has 0 saturated carbocycles. The first-order chi connectivity index (χ1) is 15.1. The van der Waals surface area contributed by atoms with Crippen LogP contribution in [-0.4, -0.2) is 25.5 Å². The smallest absolute Gasteiger partial charge is 0.282 e. The highest BCUT2D eigenvalue weighted by atomic mass is 19.1. The maximum atomic E-state index is 13.7. The number of benzene rings is 3. The van der Waals surface area contributed by atoms with Crippen LogP contribution in [0.15, 0.2) is 78.5 Å². The Labute approximate surface area is 179 Å². The highest BCUT2D eigenvalue weighted by Crippen LogP contribution is 2.41. The van der Waals surface area contributed by atoms with Gasteiger partial charge < -0.3 is 9.64 Å². The summed E-state index contributed by atoms with van der Waals surface area (Å²) in [6, 6.07) is 20.4. The molecule has 5 nitrogen and oxygen atoms in total. The summed E-state index contributed by atoms with van der Waals surface area (Å²) in [6.07, 6.45) is 0.770. The highest BCUT2D eigenvalue weighted by Gasteiger charge is 2.44. The molecule has 0 fully saturated rings. The van der Waals surface area contributed by atoms with Crippen LogP contribution in [-0.2, 0) is 16.0 Å². The lowest BCUT2D eigenvalue weighted by molar-refractivity contribution is -0.120. The Hall–Kier alpha value is -3.93. The Morgan fingerprint density at radius 1 is 0.839 bits per heavy atom. The summed E-state index contributed by atoms with van der Waals surface area (Å²) in [5.41, 5.74) is 3.45. The predicted octanol–water partition coefficient (Wildman–Crippen LogP) is 4.18. The van der Waals surface area contributed by atoms with Crippen molar-refractivity contribution in [1.82, 2.24) is 0 Å². The molecule has 0 saturated heterocycles. The van der Waals surface area contributed by atoms with Crippen LogP contribution in [0, 0.1) is 5.82 Å². The van der Waals surface area contributed by atoms with Gasteiger partial charge in [0.2, 0.25) is 0 Å². The highest BCUT2D eigenvalue weighted by molar-refractivity contribution is 6.46. The van der Waals surface area contributed by atoms with Gasteiger partial charge in [0.1, 0.15) is 17.3 Å². The molecule has 154 valence electrons. The van der Waals surface area contributed by atoms with E-state index in [9.17, 15) is 14.0 Å². The van der Waals surface area contributed by atoms with Crippen LogP contribution in [0.5, 0.6) is 5.75 Å². The second-order valence-electron chi connectivity index (χ2n) is 7.38. The van der Waals surface area contributed by atoms with Gasteiger partial charge in [0.15, 0.2) is 0 Å². The van der Waals surface area contributed by atoms with Crippen molar-refractivity contribution in [2.75, 3.05) is 23.5 Å². The molecule has 0 unspecified atom stereocenters. The molecule has 0 aliphatic carbocycles. The number of anilines is 2. The molecule has 3 aromatic rings. The second-order valence-corrected chi connectivity index (χ2v) is 7.38. The topological polar surface area (TPSA) is 49.9 Å². The van der Waals surface area contributed by atoms with Crippen molar-refractivity contribution >= 4 is 28.8 Å². The minimum atomic E-state index is -0.458. The van der Waals surface area contributed by atoms with Gasteiger partial charge in [0.05, 0.1) is 18.4 Å². The van der Waals surface area contributed by atoms with E-state index in [4.69, 9.17) is 4.74 Å². The van der Waals surface area contributed by atoms with E-state index in [-0.39, 0.29) is 5.57 Å². The Morgan fingerprint density at radius 3 is 2.26 bits per heavy atom. The quantitative estimate of drug-likeness (QED) is 0.601. The van der Waals surface area contributed by atoms with Crippen LogP contribution in [0.4, 0.5) is 15.8 Å². The fraction of sp³-hybridized carbons (Fsp3) is 0.120. The van der Waals surface area contributed by atoms with E-state index in [1.807, 2.05) is 29.2 Å². The summed E-state index contributed by atoms with van der Waals surface area (Å²) in [5, 5.41) is 0. The SMILES string of the molecule is COc1ccccc1N1C(=O)C(c2ccc(F)cc2)=C(N2CCc3ccccc32)C1=O. The molecule has 0 radical (unpaired) electrons. The third-order valence-corrected chi connectivity index (χ3v) is 5.68. The number of para-hydroxylation sites is 3. The zero-order valence-electron chi connectivity index (χ0n) is 16.8. The van der Waals surface area contributed by atoms with Crippen LogP contribution in [0.3, 0.4) is 0 Å². The standard InChI is InChI=1S/C25H19FN2O3/c1-31-21-9-5-4-8-20(21)28-24(29)22(17-10-12-18(26)13-11-17)23(25(28)30)27-15-14-16-6-2-3-7-19(16)27/h2-13H,14-15H2,1H3. The van der Waals surface area contributed by atoms with Gasteiger partial charge in [-0.05, 0) is 47.9 Å². The average Bonchev–Trinajstić information content (AvgIpc) is 3.32. The maximum Gasteiger partial charge on any atom is 0.282 e. The van der Waals surface area contributed by atoms with Gasteiger partial charge in [0, 0.05) is 12.2 Å². The first kappa shape index (κ1) is 19.1. The van der Waals surface area contributed by atoms with Crippen LogP contribution in [0.1, 0.15) is 11.1 Å². The van der Waals surface area contributed by atoms with Gasteiger partial charge >= 0.3 is 0 Å². The number of nitrogens with zero attached hydrogens (tertiary/aromatic N) is 2. The van der Waals surface area contributed by atoms with E-state index in [1.165, 1.54) is 31.4 Å². The molecule has 3 aromatic carbocycles. The number of hydrogen-bond donors (Lipinski definition) is 0. The summed E-state index contributed by atoms with van der Waals surface area (Å²) in [7, 11) is 1.50. The Balaban J connectivity index is 1.70. The molecule has 0 atom stereocenters. The maximum absolute atomic E-state index is 13.7. The van der Waals surface area contributed by atoms with E-state index < -0.39 is 17.6 Å². The molecule has 5 rings (SSSR count). The van der Waals surface area contributed by atoms with Gasteiger partial charge in [-0.1, -0.05) is 42.5 Å². The van der Waals surface area contributed by atoms with E-state index in [0.717, 1.165) is 22.6 Å². The number of fused-ring (bicyclic) bond motifs is 1. The fourth-order valence-electron chi connectivity index (χ4n) is 4.25. The van der Waals surface area contributed by atoms with E-state index in [1.54, 1.807) is 24.3 Å². The molecule has 31 heavy (non-hydrogen) atoms. The number of amides is 2.